The molecule has 0 bridgehead atoms. The van der Waals surface area contributed by atoms with Gasteiger partial charge in [0.25, 0.3) is 0 Å². The highest BCUT2D eigenvalue weighted by atomic mass is 16.3. The third kappa shape index (κ3) is 2.45. The molecule has 4 heteroatoms. The second-order valence-electron chi connectivity index (χ2n) is 5.88. The van der Waals surface area contributed by atoms with Gasteiger partial charge in [-0.05, 0) is 24.8 Å². The minimum atomic E-state index is -0.844. The van der Waals surface area contributed by atoms with E-state index >= 15 is 0 Å². The van der Waals surface area contributed by atoms with E-state index in [9.17, 15) is 9.90 Å². The van der Waals surface area contributed by atoms with Crippen molar-refractivity contribution >= 4 is 5.91 Å². The number of hydrogen-bond acceptors (Lipinski definition) is 3. The summed E-state index contributed by atoms with van der Waals surface area (Å²) in [5.74, 6) is -0.324. The smallest absolute Gasteiger partial charge is 0.233 e. The van der Waals surface area contributed by atoms with Crippen molar-refractivity contribution in [3.8, 4) is 0 Å². The highest BCUT2D eigenvalue weighted by Gasteiger charge is 2.48. The molecule has 1 saturated carbocycles. The maximum atomic E-state index is 12.9. The molecule has 0 spiro atoms. The van der Waals surface area contributed by atoms with Gasteiger partial charge in [-0.15, -0.1) is 0 Å². The third-order valence-electron chi connectivity index (χ3n) is 4.57. The van der Waals surface area contributed by atoms with Crippen molar-refractivity contribution in [2.45, 2.75) is 30.8 Å². The first-order valence-corrected chi connectivity index (χ1v) is 7.47. The van der Waals surface area contributed by atoms with E-state index in [0.717, 1.165) is 51.0 Å². The lowest BCUT2D eigenvalue weighted by Gasteiger charge is -2.44. The van der Waals surface area contributed by atoms with Crippen LogP contribution >= 0.6 is 0 Å². The number of aliphatic hydroxyl groups is 1. The molecule has 2 fully saturated rings. The summed E-state index contributed by atoms with van der Waals surface area (Å²) in [6, 6.07) is 9.74. The number of rotatable bonds is 3. The van der Waals surface area contributed by atoms with Gasteiger partial charge in [0, 0.05) is 26.2 Å². The van der Waals surface area contributed by atoms with Crippen LogP contribution in [0.1, 0.15) is 30.7 Å². The van der Waals surface area contributed by atoms with Crippen LogP contribution in [0, 0.1) is 0 Å². The van der Waals surface area contributed by atoms with Gasteiger partial charge in [-0.1, -0.05) is 30.3 Å². The molecular weight excluding hydrogens is 252 g/mol. The van der Waals surface area contributed by atoms with Crippen LogP contribution in [0.25, 0.3) is 0 Å². The molecule has 0 aromatic heterocycles. The van der Waals surface area contributed by atoms with Gasteiger partial charge in [0.2, 0.25) is 5.91 Å². The number of benzene rings is 1. The maximum absolute atomic E-state index is 12.9. The van der Waals surface area contributed by atoms with Crippen molar-refractivity contribution in [2.75, 3.05) is 26.2 Å². The molecule has 1 amide bonds. The van der Waals surface area contributed by atoms with Crippen molar-refractivity contribution in [1.29, 1.82) is 0 Å². The van der Waals surface area contributed by atoms with Gasteiger partial charge in [0.05, 0.1) is 11.5 Å². The zero-order valence-electron chi connectivity index (χ0n) is 11.7. The Bertz CT molecular complexity index is 465. The lowest BCUT2D eigenvalue weighted by Crippen LogP contribution is -2.54. The zero-order chi connectivity index (χ0) is 14.0. The summed E-state index contributed by atoms with van der Waals surface area (Å²) in [5.41, 5.74) is 0.0989. The Labute approximate surface area is 119 Å². The predicted octanol–water partition coefficient (Wildman–Crippen LogP) is 1.12. The quantitative estimate of drug-likeness (QED) is 0.868. The molecule has 1 heterocycles. The second-order valence-corrected chi connectivity index (χ2v) is 5.88. The van der Waals surface area contributed by atoms with Crippen LogP contribution in [0.3, 0.4) is 0 Å². The fourth-order valence-corrected chi connectivity index (χ4v) is 3.22. The highest BCUT2D eigenvalue weighted by molar-refractivity contribution is 5.85. The van der Waals surface area contributed by atoms with E-state index in [2.05, 4.69) is 5.32 Å². The van der Waals surface area contributed by atoms with Gasteiger partial charge in [-0.2, -0.15) is 0 Å². The Morgan fingerprint density at radius 3 is 2.40 bits per heavy atom. The summed E-state index contributed by atoms with van der Waals surface area (Å²) in [6.07, 6.45) is 2.46. The Balaban J connectivity index is 1.87. The second kappa shape index (κ2) is 5.54. The first kappa shape index (κ1) is 13.6. The molecule has 0 radical (unpaired) electrons. The van der Waals surface area contributed by atoms with Crippen LogP contribution in [0.2, 0.25) is 0 Å². The van der Waals surface area contributed by atoms with Crippen LogP contribution < -0.4 is 5.32 Å². The van der Waals surface area contributed by atoms with Gasteiger partial charge in [0.15, 0.2) is 0 Å². The Kier molecular flexibility index (Phi) is 3.76. The molecule has 1 unspecified atom stereocenters. The molecule has 1 aromatic carbocycles. The average Bonchev–Trinajstić information content (AvgIpc) is 2.47. The molecule has 1 aliphatic carbocycles. The Hall–Kier alpha value is -1.39. The van der Waals surface area contributed by atoms with Crippen molar-refractivity contribution in [3.63, 3.8) is 0 Å². The standard InChI is InChI=1S/C16H22N2O2/c19-15(18-11-9-17-10-12-18)14(16(20)7-4-8-16)13-5-2-1-3-6-13/h1-3,5-6,14,17,20H,4,7-12H2. The SMILES string of the molecule is O=C(C(c1ccccc1)C1(O)CCC1)N1CCNCC1. The van der Waals surface area contributed by atoms with Gasteiger partial charge in [-0.3, -0.25) is 4.79 Å². The van der Waals surface area contributed by atoms with E-state index in [1.807, 2.05) is 35.2 Å². The van der Waals surface area contributed by atoms with E-state index < -0.39 is 11.5 Å². The van der Waals surface area contributed by atoms with Crippen LogP contribution in [0.5, 0.6) is 0 Å². The third-order valence-corrected chi connectivity index (χ3v) is 4.57. The van der Waals surface area contributed by atoms with Crippen molar-refractivity contribution < 1.29 is 9.90 Å². The minimum Gasteiger partial charge on any atom is -0.389 e. The van der Waals surface area contributed by atoms with Gasteiger partial charge in [0.1, 0.15) is 0 Å². The molecule has 1 saturated heterocycles. The first-order valence-electron chi connectivity index (χ1n) is 7.47. The number of piperazine rings is 1. The van der Waals surface area contributed by atoms with Gasteiger partial charge >= 0.3 is 0 Å². The number of carbonyl (C=O) groups is 1. The van der Waals surface area contributed by atoms with Gasteiger partial charge < -0.3 is 15.3 Å². The van der Waals surface area contributed by atoms with Crippen LogP contribution in [0.15, 0.2) is 30.3 Å². The van der Waals surface area contributed by atoms with E-state index in [4.69, 9.17) is 0 Å². The summed E-state index contributed by atoms with van der Waals surface area (Å²) in [7, 11) is 0. The number of nitrogens with zero attached hydrogens (tertiary/aromatic N) is 1. The summed E-state index contributed by atoms with van der Waals surface area (Å²) < 4.78 is 0. The lowest BCUT2D eigenvalue weighted by atomic mass is 9.68. The Morgan fingerprint density at radius 1 is 1.20 bits per heavy atom. The fourth-order valence-electron chi connectivity index (χ4n) is 3.22. The lowest BCUT2D eigenvalue weighted by molar-refractivity contribution is -0.145. The van der Waals surface area contributed by atoms with Crippen LogP contribution in [-0.4, -0.2) is 47.7 Å². The monoisotopic (exact) mass is 274 g/mol. The fraction of sp³-hybridized carbons (Fsp3) is 0.562. The largest absolute Gasteiger partial charge is 0.389 e. The number of amides is 1. The maximum Gasteiger partial charge on any atom is 0.233 e. The summed E-state index contributed by atoms with van der Waals surface area (Å²) in [6.45, 7) is 3.15. The van der Waals surface area contributed by atoms with Crippen molar-refractivity contribution in [1.82, 2.24) is 10.2 Å². The molecule has 1 atom stereocenters. The minimum absolute atomic E-state index is 0.0832. The van der Waals surface area contributed by atoms with Crippen LogP contribution in [-0.2, 0) is 4.79 Å². The molecule has 20 heavy (non-hydrogen) atoms. The normalized spacial score (nSPS) is 22.9. The molecule has 4 nitrogen and oxygen atoms in total. The summed E-state index contributed by atoms with van der Waals surface area (Å²) in [5, 5.41) is 14.0. The molecular formula is C16H22N2O2. The summed E-state index contributed by atoms with van der Waals surface area (Å²) in [4.78, 5) is 14.8. The zero-order valence-corrected chi connectivity index (χ0v) is 11.7. The molecule has 3 rings (SSSR count). The highest BCUT2D eigenvalue weighted by Crippen LogP contribution is 2.44. The van der Waals surface area contributed by atoms with Gasteiger partial charge in [-0.25, -0.2) is 0 Å². The molecule has 1 aliphatic heterocycles. The van der Waals surface area contributed by atoms with E-state index in [-0.39, 0.29) is 5.91 Å². The van der Waals surface area contributed by atoms with Crippen molar-refractivity contribution in [3.05, 3.63) is 35.9 Å². The first-order chi connectivity index (χ1) is 9.71. The Morgan fingerprint density at radius 2 is 1.85 bits per heavy atom. The van der Waals surface area contributed by atoms with E-state index in [1.54, 1.807) is 0 Å². The molecule has 2 aliphatic rings. The topological polar surface area (TPSA) is 52.6 Å². The molecule has 2 N–H and O–H groups in total. The molecule has 1 aromatic rings. The van der Waals surface area contributed by atoms with Crippen LogP contribution in [0.4, 0.5) is 0 Å². The average molecular weight is 274 g/mol. The number of nitrogens with one attached hydrogen (secondary N) is 1. The predicted molar refractivity (Wildman–Crippen MR) is 77.4 cm³/mol. The number of carbonyl (C=O) groups excluding carboxylic acids is 1. The van der Waals surface area contributed by atoms with Crippen molar-refractivity contribution in [2.24, 2.45) is 0 Å². The molecule has 108 valence electrons. The van der Waals surface area contributed by atoms with E-state index in [1.165, 1.54) is 0 Å². The number of hydrogen-bond donors (Lipinski definition) is 2. The van der Waals surface area contributed by atoms with E-state index in [0.29, 0.717) is 0 Å². The summed E-state index contributed by atoms with van der Waals surface area (Å²) >= 11 is 0.